The number of hydrogen-bond donors (Lipinski definition) is 2. The summed E-state index contributed by atoms with van der Waals surface area (Å²) in [5.74, 6) is 0.844. The number of aliphatic hydroxyl groups is 1. The van der Waals surface area contributed by atoms with Crippen molar-refractivity contribution in [2.75, 3.05) is 33.3 Å². The van der Waals surface area contributed by atoms with Crippen molar-refractivity contribution in [2.24, 2.45) is 11.3 Å². The van der Waals surface area contributed by atoms with Crippen LogP contribution < -0.4 is 5.32 Å². The van der Waals surface area contributed by atoms with E-state index in [0.29, 0.717) is 18.1 Å². The first kappa shape index (κ1) is 13.3. The third-order valence-corrected chi connectivity index (χ3v) is 4.87. The summed E-state index contributed by atoms with van der Waals surface area (Å²) in [5, 5.41) is 12.8. The van der Waals surface area contributed by atoms with Crippen LogP contribution in [0.3, 0.4) is 0 Å². The van der Waals surface area contributed by atoms with Crippen LogP contribution in [0, 0.1) is 11.3 Å². The molecule has 1 aliphatic heterocycles. The lowest BCUT2D eigenvalue weighted by Gasteiger charge is -2.34. The van der Waals surface area contributed by atoms with E-state index >= 15 is 0 Å². The van der Waals surface area contributed by atoms with Gasteiger partial charge < -0.3 is 15.3 Å². The zero-order chi connectivity index (χ0) is 12.3. The van der Waals surface area contributed by atoms with Gasteiger partial charge in [0.15, 0.2) is 0 Å². The topological polar surface area (TPSA) is 35.5 Å². The quantitative estimate of drug-likeness (QED) is 0.738. The lowest BCUT2D eigenvalue weighted by atomic mass is 9.90. The zero-order valence-electron chi connectivity index (χ0n) is 11.4. The Hall–Kier alpha value is -0.120. The van der Waals surface area contributed by atoms with Gasteiger partial charge in [0.25, 0.3) is 0 Å². The van der Waals surface area contributed by atoms with Crippen LogP contribution >= 0.6 is 0 Å². The number of nitrogens with one attached hydrogen (secondary N) is 1. The first-order valence-corrected chi connectivity index (χ1v) is 7.18. The van der Waals surface area contributed by atoms with Crippen LogP contribution in [0.1, 0.15) is 39.0 Å². The second-order valence-corrected chi connectivity index (χ2v) is 6.28. The fourth-order valence-electron chi connectivity index (χ4n) is 3.00. The third kappa shape index (κ3) is 3.67. The smallest absolute Gasteiger partial charge is 0.0436 e. The number of nitrogens with zero attached hydrogens (tertiary/aromatic N) is 1. The van der Waals surface area contributed by atoms with Gasteiger partial charge in [0.2, 0.25) is 0 Å². The molecule has 17 heavy (non-hydrogen) atoms. The predicted octanol–water partition coefficient (Wildman–Crippen LogP) is 1.47. The van der Waals surface area contributed by atoms with E-state index in [0.717, 1.165) is 18.9 Å². The van der Waals surface area contributed by atoms with E-state index < -0.39 is 0 Å². The molecule has 0 spiro atoms. The van der Waals surface area contributed by atoms with E-state index in [4.69, 9.17) is 5.11 Å². The second-order valence-electron chi connectivity index (χ2n) is 6.28. The van der Waals surface area contributed by atoms with Gasteiger partial charge in [-0.15, -0.1) is 0 Å². The van der Waals surface area contributed by atoms with E-state index in [-0.39, 0.29) is 0 Å². The summed E-state index contributed by atoms with van der Waals surface area (Å²) in [5.41, 5.74) is 0.453. The number of aliphatic hydroxyl groups excluding tert-OH is 1. The first-order chi connectivity index (χ1) is 8.15. The SMILES string of the molecule is CC(NCC1(CCO)CC1)C1CCN(C)CC1. The molecule has 2 aliphatic rings. The molecule has 1 aliphatic carbocycles. The Balaban J connectivity index is 1.68. The molecule has 0 radical (unpaired) electrons. The Morgan fingerprint density at radius 2 is 2.00 bits per heavy atom. The van der Waals surface area contributed by atoms with Crippen molar-refractivity contribution in [3.8, 4) is 0 Å². The van der Waals surface area contributed by atoms with Crippen molar-refractivity contribution in [1.29, 1.82) is 0 Å². The van der Waals surface area contributed by atoms with Crippen LogP contribution in [-0.2, 0) is 0 Å². The van der Waals surface area contributed by atoms with Gasteiger partial charge in [-0.1, -0.05) is 0 Å². The van der Waals surface area contributed by atoms with Gasteiger partial charge in [-0.05, 0) is 70.5 Å². The molecule has 0 aromatic rings. The van der Waals surface area contributed by atoms with Crippen LogP contribution in [0.15, 0.2) is 0 Å². The lowest BCUT2D eigenvalue weighted by molar-refractivity contribution is 0.182. The Morgan fingerprint density at radius 3 is 2.53 bits per heavy atom. The van der Waals surface area contributed by atoms with Crippen molar-refractivity contribution in [1.82, 2.24) is 10.2 Å². The van der Waals surface area contributed by atoms with Gasteiger partial charge in [-0.2, -0.15) is 0 Å². The largest absolute Gasteiger partial charge is 0.396 e. The predicted molar refractivity (Wildman–Crippen MR) is 71.1 cm³/mol. The zero-order valence-corrected chi connectivity index (χ0v) is 11.4. The highest BCUT2D eigenvalue weighted by molar-refractivity contribution is 4.95. The molecule has 1 atom stereocenters. The van der Waals surface area contributed by atoms with E-state index in [1.807, 2.05) is 0 Å². The Bertz CT molecular complexity index is 232. The highest BCUT2D eigenvalue weighted by atomic mass is 16.3. The Kier molecular flexibility index (Phi) is 4.45. The number of hydrogen-bond acceptors (Lipinski definition) is 3. The minimum absolute atomic E-state index is 0.351. The molecule has 0 aromatic heterocycles. The highest BCUT2D eigenvalue weighted by Crippen LogP contribution is 2.48. The average Bonchev–Trinajstić information content (AvgIpc) is 3.08. The number of piperidine rings is 1. The van der Waals surface area contributed by atoms with E-state index in [1.165, 1.54) is 38.8 Å². The van der Waals surface area contributed by atoms with Crippen molar-refractivity contribution in [3.05, 3.63) is 0 Å². The molecular formula is C14H28N2O. The maximum atomic E-state index is 9.05. The lowest BCUT2D eigenvalue weighted by Crippen LogP contribution is -2.42. The average molecular weight is 240 g/mol. The van der Waals surface area contributed by atoms with Gasteiger partial charge in [-0.25, -0.2) is 0 Å². The Morgan fingerprint density at radius 1 is 1.35 bits per heavy atom. The molecule has 0 amide bonds. The standard InChI is InChI=1S/C14H28N2O/c1-12(13-3-8-16(2)9-4-13)15-11-14(5-6-14)7-10-17/h12-13,15,17H,3-11H2,1-2H3. The summed E-state index contributed by atoms with van der Waals surface area (Å²) in [6, 6.07) is 0.639. The normalized spacial score (nSPS) is 27.0. The molecule has 1 heterocycles. The fraction of sp³-hybridized carbons (Fsp3) is 1.00. The first-order valence-electron chi connectivity index (χ1n) is 7.18. The fourth-order valence-corrected chi connectivity index (χ4v) is 3.00. The van der Waals surface area contributed by atoms with Crippen molar-refractivity contribution in [3.63, 3.8) is 0 Å². The van der Waals surface area contributed by atoms with Crippen LogP contribution in [0.5, 0.6) is 0 Å². The molecule has 3 nitrogen and oxygen atoms in total. The van der Waals surface area contributed by atoms with Gasteiger partial charge in [-0.3, -0.25) is 0 Å². The van der Waals surface area contributed by atoms with E-state index in [9.17, 15) is 0 Å². The monoisotopic (exact) mass is 240 g/mol. The second kappa shape index (κ2) is 5.68. The Labute approximate surface area is 106 Å². The van der Waals surface area contributed by atoms with Crippen molar-refractivity contribution >= 4 is 0 Å². The number of likely N-dealkylation sites (tertiary alicyclic amines) is 1. The van der Waals surface area contributed by atoms with E-state index in [2.05, 4.69) is 24.2 Å². The molecular weight excluding hydrogens is 212 g/mol. The summed E-state index contributed by atoms with van der Waals surface area (Å²) in [6.07, 6.45) is 6.26. The molecule has 2 N–H and O–H groups in total. The molecule has 2 fully saturated rings. The minimum Gasteiger partial charge on any atom is -0.396 e. The van der Waals surface area contributed by atoms with Gasteiger partial charge >= 0.3 is 0 Å². The molecule has 3 heteroatoms. The molecule has 1 saturated heterocycles. The summed E-state index contributed by atoms with van der Waals surface area (Å²) >= 11 is 0. The van der Waals surface area contributed by atoms with Crippen molar-refractivity contribution < 1.29 is 5.11 Å². The summed E-state index contributed by atoms with van der Waals surface area (Å²) in [6.45, 7) is 6.30. The van der Waals surface area contributed by atoms with Crippen LogP contribution in [0.4, 0.5) is 0 Å². The summed E-state index contributed by atoms with van der Waals surface area (Å²) in [4.78, 5) is 2.43. The van der Waals surface area contributed by atoms with Crippen LogP contribution in [-0.4, -0.2) is 49.3 Å². The molecule has 2 rings (SSSR count). The van der Waals surface area contributed by atoms with Crippen LogP contribution in [0.25, 0.3) is 0 Å². The van der Waals surface area contributed by atoms with Gasteiger partial charge in [0.05, 0.1) is 0 Å². The molecule has 0 aromatic carbocycles. The third-order valence-electron chi connectivity index (χ3n) is 4.87. The molecule has 1 unspecified atom stereocenters. The minimum atomic E-state index is 0.351. The summed E-state index contributed by atoms with van der Waals surface area (Å²) in [7, 11) is 2.22. The number of rotatable bonds is 6. The molecule has 0 bridgehead atoms. The maximum absolute atomic E-state index is 9.05. The summed E-state index contributed by atoms with van der Waals surface area (Å²) < 4.78 is 0. The highest BCUT2D eigenvalue weighted by Gasteiger charge is 2.41. The van der Waals surface area contributed by atoms with Crippen LogP contribution in [0.2, 0.25) is 0 Å². The van der Waals surface area contributed by atoms with Gasteiger partial charge in [0, 0.05) is 19.2 Å². The molecule has 100 valence electrons. The van der Waals surface area contributed by atoms with Gasteiger partial charge in [0.1, 0.15) is 0 Å². The van der Waals surface area contributed by atoms with Crippen molar-refractivity contribution in [2.45, 2.75) is 45.1 Å². The molecule has 1 saturated carbocycles. The maximum Gasteiger partial charge on any atom is 0.0436 e. The van der Waals surface area contributed by atoms with E-state index in [1.54, 1.807) is 0 Å².